The number of anilines is 1. The van der Waals surface area contributed by atoms with Crippen molar-refractivity contribution in [2.75, 3.05) is 11.9 Å². The Bertz CT molecular complexity index is 418. The van der Waals surface area contributed by atoms with E-state index in [0.717, 1.165) is 5.69 Å². The predicted molar refractivity (Wildman–Crippen MR) is 73.0 cm³/mol. The second-order valence-electron chi connectivity index (χ2n) is 5.85. The molecule has 1 aromatic rings. The third kappa shape index (κ3) is 3.34. The van der Waals surface area contributed by atoms with Gasteiger partial charge in [0.05, 0.1) is 6.61 Å². The molecule has 0 amide bonds. The molecule has 1 N–H and O–H groups in total. The first-order chi connectivity index (χ1) is 8.48. The van der Waals surface area contributed by atoms with Gasteiger partial charge in [0.25, 0.3) is 0 Å². The molecule has 0 aliphatic heterocycles. The van der Waals surface area contributed by atoms with Gasteiger partial charge in [-0.25, -0.2) is 4.98 Å². The summed E-state index contributed by atoms with van der Waals surface area (Å²) in [7, 11) is 0. The van der Waals surface area contributed by atoms with Crippen LogP contribution in [-0.2, 0) is 0 Å². The minimum Gasteiger partial charge on any atom is -0.478 e. The van der Waals surface area contributed by atoms with Crippen molar-refractivity contribution in [3.8, 4) is 5.88 Å². The minimum atomic E-state index is 0.435. The molecule has 1 aliphatic carbocycles. The van der Waals surface area contributed by atoms with Crippen LogP contribution in [0.1, 0.15) is 45.7 Å². The Balaban J connectivity index is 2.05. The summed E-state index contributed by atoms with van der Waals surface area (Å²) in [6.45, 7) is 9.19. The van der Waals surface area contributed by atoms with Crippen LogP contribution in [-0.4, -0.2) is 22.6 Å². The summed E-state index contributed by atoms with van der Waals surface area (Å²) in [5.74, 6) is 1.35. The third-order valence-corrected chi connectivity index (χ3v) is 3.42. The topological polar surface area (TPSA) is 47.0 Å². The Labute approximate surface area is 109 Å². The number of rotatable bonds is 4. The van der Waals surface area contributed by atoms with Gasteiger partial charge in [0, 0.05) is 17.8 Å². The maximum absolute atomic E-state index is 5.44. The van der Waals surface area contributed by atoms with Crippen molar-refractivity contribution in [2.45, 2.75) is 53.0 Å². The van der Waals surface area contributed by atoms with Crippen molar-refractivity contribution < 1.29 is 4.74 Å². The van der Waals surface area contributed by atoms with Gasteiger partial charge in [-0.1, -0.05) is 13.8 Å². The van der Waals surface area contributed by atoms with E-state index >= 15 is 0 Å². The molecule has 0 spiro atoms. The fourth-order valence-corrected chi connectivity index (χ4v) is 2.57. The van der Waals surface area contributed by atoms with Crippen LogP contribution < -0.4 is 10.1 Å². The van der Waals surface area contributed by atoms with Crippen LogP contribution in [0.15, 0.2) is 6.07 Å². The fourth-order valence-electron chi connectivity index (χ4n) is 2.57. The molecule has 1 unspecified atom stereocenters. The second kappa shape index (κ2) is 5.12. The highest BCUT2D eigenvalue weighted by molar-refractivity contribution is 5.32. The van der Waals surface area contributed by atoms with Gasteiger partial charge in [-0.15, -0.1) is 0 Å². The van der Waals surface area contributed by atoms with Crippen LogP contribution in [0.3, 0.4) is 0 Å². The lowest BCUT2D eigenvalue weighted by Crippen LogP contribution is -2.19. The van der Waals surface area contributed by atoms with E-state index in [1.165, 1.54) is 19.3 Å². The van der Waals surface area contributed by atoms with Crippen molar-refractivity contribution in [3.63, 3.8) is 0 Å². The van der Waals surface area contributed by atoms with Crippen molar-refractivity contribution in [2.24, 2.45) is 5.41 Å². The molecule has 1 atom stereocenters. The molecule has 18 heavy (non-hydrogen) atoms. The predicted octanol–water partition coefficient (Wildman–Crippen LogP) is 3.17. The molecule has 1 saturated carbocycles. The Kier molecular flexibility index (Phi) is 3.73. The first kappa shape index (κ1) is 13.1. The summed E-state index contributed by atoms with van der Waals surface area (Å²) >= 11 is 0. The van der Waals surface area contributed by atoms with E-state index in [-0.39, 0.29) is 0 Å². The van der Waals surface area contributed by atoms with Gasteiger partial charge in [0.15, 0.2) is 0 Å². The van der Waals surface area contributed by atoms with Crippen LogP contribution >= 0.6 is 0 Å². The Morgan fingerprint density at radius 2 is 2.22 bits per heavy atom. The maximum Gasteiger partial charge on any atom is 0.226 e. The van der Waals surface area contributed by atoms with Crippen LogP contribution in [0.4, 0.5) is 5.95 Å². The zero-order chi connectivity index (χ0) is 13.2. The van der Waals surface area contributed by atoms with E-state index in [4.69, 9.17) is 4.74 Å². The Morgan fingerprint density at radius 1 is 1.44 bits per heavy atom. The van der Waals surface area contributed by atoms with Crippen molar-refractivity contribution in [1.82, 2.24) is 9.97 Å². The third-order valence-electron chi connectivity index (χ3n) is 3.42. The van der Waals surface area contributed by atoms with Gasteiger partial charge in [-0.3, -0.25) is 0 Å². The largest absolute Gasteiger partial charge is 0.478 e. The van der Waals surface area contributed by atoms with E-state index < -0.39 is 0 Å². The van der Waals surface area contributed by atoms with Gasteiger partial charge < -0.3 is 10.1 Å². The summed E-state index contributed by atoms with van der Waals surface area (Å²) in [6.07, 6.45) is 3.62. The van der Waals surface area contributed by atoms with Gasteiger partial charge in [-0.2, -0.15) is 4.98 Å². The first-order valence-corrected chi connectivity index (χ1v) is 6.73. The zero-order valence-electron chi connectivity index (χ0n) is 11.8. The molecule has 0 saturated heterocycles. The average molecular weight is 249 g/mol. The number of hydrogen-bond donors (Lipinski definition) is 1. The molecular formula is C14H23N3O. The number of nitrogens with one attached hydrogen (secondary N) is 1. The van der Waals surface area contributed by atoms with Gasteiger partial charge >= 0.3 is 0 Å². The Hall–Kier alpha value is -1.32. The molecule has 1 heterocycles. The van der Waals surface area contributed by atoms with E-state index in [1.807, 2.05) is 19.9 Å². The van der Waals surface area contributed by atoms with Crippen molar-refractivity contribution in [1.29, 1.82) is 0 Å². The van der Waals surface area contributed by atoms with Crippen LogP contribution in [0, 0.1) is 12.3 Å². The van der Waals surface area contributed by atoms with E-state index in [0.29, 0.717) is 29.9 Å². The van der Waals surface area contributed by atoms with Gasteiger partial charge in [0.1, 0.15) is 0 Å². The molecule has 0 aromatic carbocycles. The SMILES string of the molecule is CCOc1cc(C)nc(NC2CCC(C)(C)C2)n1. The summed E-state index contributed by atoms with van der Waals surface area (Å²) in [4.78, 5) is 8.82. The molecule has 1 aliphatic rings. The van der Waals surface area contributed by atoms with Crippen molar-refractivity contribution >= 4 is 5.95 Å². The summed E-state index contributed by atoms with van der Waals surface area (Å²) in [5.41, 5.74) is 1.37. The molecule has 100 valence electrons. The highest BCUT2D eigenvalue weighted by Gasteiger charge is 2.31. The molecule has 1 fully saturated rings. The maximum atomic E-state index is 5.44. The molecule has 2 rings (SSSR count). The molecular weight excluding hydrogens is 226 g/mol. The number of aromatic nitrogens is 2. The van der Waals surface area contributed by atoms with Gasteiger partial charge in [-0.05, 0) is 38.5 Å². The number of aryl methyl sites for hydroxylation is 1. The monoisotopic (exact) mass is 249 g/mol. The highest BCUT2D eigenvalue weighted by atomic mass is 16.5. The zero-order valence-corrected chi connectivity index (χ0v) is 11.8. The van der Waals surface area contributed by atoms with Crippen molar-refractivity contribution in [3.05, 3.63) is 11.8 Å². The Morgan fingerprint density at radius 3 is 2.83 bits per heavy atom. The molecule has 0 radical (unpaired) electrons. The standard InChI is InChI=1S/C14H23N3O/c1-5-18-12-8-10(2)15-13(17-12)16-11-6-7-14(3,4)9-11/h8,11H,5-7,9H2,1-4H3,(H,15,16,17). The smallest absolute Gasteiger partial charge is 0.226 e. The second-order valence-corrected chi connectivity index (χ2v) is 5.85. The number of hydrogen-bond acceptors (Lipinski definition) is 4. The lowest BCUT2D eigenvalue weighted by molar-refractivity contribution is 0.326. The van der Waals surface area contributed by atoms with E-state index in [2.05, 4.69) is 29.1 Å². The van der Waals surface area contributed by atoms with E-state index in [9.17, 15) is 0 Å². The highest BCUT2D eigenvalue weighted by Crippen LogP contribution is 2.38. The summed E-state index contributed by atoms with van der Waals surface area (Å²) < 4.78 is 5.44. The molecule has 4 heteroatoms. The molecule has 0 bridgehead atoms. The lowest BCUT2D eigenvalue weighted by atomic mass is 9.92. The average Bonchev–Trinajstić information content (AvgIpc) is 2.57. The molecule has 1 aromatic heterocycles. The fraction of sp³-hybridized carbons (Fsp3) is 0.714. The van der Waals surface area contributed by atoms with Crippen LogP contribution in [0.25, 0.3) is 0 Å². The minimum absolute atomic E-state index is 0.435. The quantitative estimate of drug-likeness (QED) is 0.890. The van der Waals surface area contributed by atoms with Crippen LogP contribution in [0.2, 0.25) is 0 Å². The summed E-state index contributed by atoms with van der Waals surface area (Å²) in [6, 6.07) is 2.35. The van der Waals surface area contributed by atoms with Crippen LogP contribution in [0.5, 0.6) is 5.88 Å². The normalized spacial score (nSPS) is 21.9. The first-order valence-electron chi connectivity index (χ1n) is 6.73. The number of nitrogens with zero attached hydrogens (tertiary/aromatic N) is 2. The van der Waals surface area contributed by atoms with E-state index in [1.54, 1.807) is 0 Å². The summed E-state index contributed by atoms with van der Waals surface area (Å²) in [5, 5.41) is 3.43. The molecule has 4 nitrogen and oxygen atoms in total. The number of ether oxygens (including phenoxy) is 1. The van der Waals surface area contributed by atoms with Gasteiger partial charge in [0.2, 0.25) is 11.8 Å². The lowest BCUT2D eigenvalue weighted by Gasteiger charge is -2.18.